The topological polar surface area (TPSA) is 72.2 Å². The van der Waals surface area contributed by atoms with E-state index in [4.69, 9.17) is 5.73 Å². The number of nitrogens with two attached hydrogens (primary N) is 1. The average molecular weight is 366 g/mol. The molecule has 0 spiro atoms. The molecule has 6 heteroatoms. The van der Waals surface area contributed by atoms with Crippen LogP contribution in [0.5, 0.6) is 0 Å². The molecule has 0 radical (unpaired) electrons. The van der Waals surface area contributed by atoms with Crippen molar-refractivity contribution < 1.29 is 18.4 Å². The number of carbonyl (C=O) groups is 2. The first kappa shape index (κ1) is 21.8. The maximum atomic E-state index is 13.3. The second-order valence-corrected chi connectivity index (χ2v) is 7.83. The van der Waals surface area contributed by atoms with Crippen LogP contribution in [-0.2, 0) is 16.0 Å². The second kappa shape index (κ2) is 8.92. The van der Waals surface area contributed by atoms with Crippen molar-refractivity contribution in [2.45, 2.75) is 52.5 Å². The summed E-state index contributed by atoms with van der Waals surface area (Å²) >= 11 is 0. The molecule has 2 amide bonds. The van der Waals surface area contributed by atoms with Gasteiger partial charge in [0.1, 0.15) is 11.6 Å². The lowest BCUT2D eigenvalue weighted by molar-refractivity contribution is -0.134. The van der Waals surface area contributed by atoms with E-state index in [9.17, 15) is 18.4 Å². The molecule has 26 heavy (non-hydrogen) atoms. The lowest BCUT2D eigenvalue weighted by atomic mass is 9.81. The van der Waals surface area contributed by atoms with Gasteiger partial charge in [-0.25, -0.2) is 8.78 Å². The third-order valence-electron chi connectivity index (χ3n) is 3.92. The molecule has 3 N–H and O–H groups in total. The molecule has 4 nitrogen and oxygen atoms in total. The van der Waals surface area contributed by atoms with Crippen molar-refractivity contribution in [3.05, 3.63) is 47.5 Å². The number of halogens is 2. The summed E-state index contributed by atoms with van der Waals surface area (Å²) in [4.78, 5) is 24.7. The standard InChI is InChI=1S/C20H28F2N2O2/c1-12(2)8-17(19(26)24-20(3,4)5)16(18(23)25)7-6-13-9-14(21)11-15(22)10-13/h9-11,16-17H,1,6-8H2,2-5H3,(H2,23,25)(H,24,26)/t16-,17+/m0/s1. The van der Waals surface area contributed by atoms with Gasteiger partial charge in [0.15, 0.2) is 0 Å². The summed E-state index contributed by atoms with van der Waals surface area (Å²) in [5.41, 5.74) is 6.25. The number of hydrogen-bond acceptors (Lipinski definition) is 2. The molecule has 0 aliphatic heterocycles. The zero-order chi connectivity index (χ0) is 20.1. The molecule has 0 aliphatic carbocycles. The van der Waals surface area contributed by atoms with Gasteiger partial charge >= 0.3 is 0 Å². The van der Waals surface area contributed by atoms with Crippen molar-refractivity contribution in [1.82, 2.24) is 5.32 Å². The summed E-state index contributed by atoms with van der Waals surface area (Å²) in [5.74, 6) is -3.70. The molecule has 0 saturated carbocycles. The number of aryl methyl sites for hydroxylation is 1. The van der Waals surface area contributed by atoms with Crippen LogP contribution in [0.4, 0.5) is 8.78 Å². The van der Waals surface area contributed by atoms with Crippen LogP contribution in [0.15, 0.2) is 30.4 Å². The fourth-order valence-electron chi connectivity index (χ4n) is 2.87. The molecular weight excluding hydrogens is 338 g/mol. The highest BCUT2D eigenvalue weighted by Crippen LogP contribution is 2.26. The van der Waals surface area contributed by atoms with Crippen LogP contribution in [0.1, 0.15) is 46.1 Å². The number of allylic oxidation sites excluding steroid dienone is 1. The number of benzene rings is 1. The van der Waals surface area contributed by atoms with Crippen molar-refractivity contribution >= 4 is 11.8 Å². The maximum Gasteiger partial charge on any atom is 0.224 e. The monoisotopic (exact) mass is 366 g/mol. The van der Waals surface area contributed by atoms with Gasteiger partial charge in [-0.15, -0.1) is 6.58 Å². The van der Waals surface area contributed by atoms with E-state index < -0.39 is 34.9 Å². The lowest BCUT2D eigenvalue weighted by Gasteiger charge is -2.29. The van der Waals surface area contributed by atoms with E-state index in [2.05, 4.69) is 11.9 Å². The van der Waals surface area contributed by atoms with E-state index in [-0.39, 0.29) is 18.7 Å². The zero-order valence-electron chi connectivity index (χ0n) is 15.9. The van der Waals surface area contributed by atoms with Crippen LogP contribution in [-0.4, -0.2) is 17.4 Å². The van der Waals surface area contributed by atoms with Crippen molar-refractivity contribution in [3.8, 4) is 0 Å². The minimum absolute atomic E-state index is 0.216. The number of amides is 2. The Morgan fingerprint density at radius 3 is 2.12 bits per heavy atom. The summed E-state index contributed by atoms with van der Waals surface area (Å²) in [6, 6.07) is 3.21. The van der Waals surface area contributed by atoms with Gasteiger partial charge in [-0.2, -0.15) is 0 Å². The van der Waals surface area contributed by atoms with Gasteiger partial charge < -0.3 is 11.1 Å². The molecule has 144 valence electrons. The van der Waals surface area contributed by atoms with Crippen molar-refractivity contribution in [1.29, 1.82) is 0 Å². The quantitative estimate of drug-likeness (QED) is 0.691. The molecule has 0 aliphatic rings. The number of hydrogen-bond donors (Lipinski definition) is 2. The van der Waals surface area contributed by atoms with Crippen molar-refractivity contribution in [2.75, 3.05) is 0 Å². The Hall–Kier alpha value is -2.24. The molecule has 0 unspecified atom stereocenters. The summed E-state index contributed by atoms with van der Waals surface area (Å²) in [6.45, 7) is 11.1. The van der Waals surface area contributed by atoms with Gasteiger partial charge in [-0.05, 0) is 64.7 Å². The molecule has 2 atom stereocenters. The van der Waals surface area contributed by atoms with Crippen LogP contribution < -0.4 is 11.1 Å². The highest BCUT2D eigenvalue weighted by molar-refractivity contribution is 5.87. The van der Waals surface area contributed by atoms with Gasteiger partial charge in [-0.3, -0.25) is 9.59 Å². The Morgan fingerprint density at radius 2 is 1.69 bits per heavy atom. The molecule has 1 rings (SSSR count). The van der Waals surface area contributed by atoms with E-state index in [0.29, 0.717) is 12.0 Å². The molecule has 0 heterocycles. The van der Waals surface area contributed by atoms with E-state index in [1.165, 1.54) is 12.1 Å². The van der Waals surface area contributed by atoms with Gasteiger partial charge in [0.05, 0.1) is 5.92 Å². The highest BCUT2D eigenvalue weighted by Gasteiger charge is 2.33. The molecule has 0 aromatic heterocycles. The van der Waals surface area contributed by atoms with Crippen LogP contribution in [0.2, 0.25) is 0 Å². The largest absolute Gasteiger partial charge is 0.369 e. The molecule has 1 aromatic carbocycles. The predicted octanol–water partition coefficient (Wildman–Crippen LogP) is 3.50. The summed E-state index contributed by atoms with van der Waals surface area (Å²) < 4.78 is 26.7. The van der Waals surface area contributed by atoms with E-state index >= 15 is 0 Å². The Labute approximate surface area is 153 Å². The number of nitrogens with one attached hydrogen (secondary N) is 1. The number of rotatable bonds is 8. The second-order valence-electron chi connectivity index (χ2n) is 7.83. The summed E-state index contributed by atoms with van der Waals surface area (Å²) in [5, 5.41) is 2.87. The fraction of sp³-hybridized carbons (Fsp3) is 0.500. The molecule has 0 saturated heterocycles. The van der Waals surface area contributed by atoms with Crippen LogP contribution >= 0.6 is 0 Å². The summed E-state index contributed by atoms with van der Waals surface area (Å²) in [6.07, 6.45) is 0.762. The highest BCUT2D eigenvalue weighted by atomic mass is 19.1. The number of primary amides is 1. The average Bonchev–Trinajstić information content (AvgIpc) is 2.42. The van der Waals surface area contributed by atoms with Crippen LogP contribution in [0.3, 0.4) is 0 Å². The van der Waals surface area contributed by atoms with Crippen LogP contribution in [0.25, 0.3) is 0 Å². The minimum atomic E-state index is -0.764. The predicted molar refractivity (Wildman–Crippen MR) is 98.2 cm³/mol. The zero-order valence-corrected chi connectivity index (χ0v) is 15.9. The third-order valence-corrected chi connectivity index (χ3v) is 3.92. The molecular formula is C20H28F2N2O2. The van der Waals surface area contributed by atoms with Gasteiger partial charge in [0.2, 0.25) is 11.8 Å². The van der Waals surface area contributed by atoms with Crippen molar-refractivity contribution in [2.24, 2.45) is 17.6 Å². The first-order valence-electron chi connectivity index (χ1n) is 8.59. The molecule has 1 aromatic rings. The Bertz CT molecular complexity index is 661. The van der Waals surface area contributed by atoms with Gasteiger partial charge in [0.25, 0.3) is 0 Å². The first-order chi connectivity index (χ1) is 11.9. The molecule has 0 fully saturated rings. The van der Waals surface area contributed by atoms with Crippen molar-refractivity contribution in [3.63, 3.8) is 0 Å². The summed E-state index contributed by atoms with van der Waals surface area (Å²) in [7, 11) is 0. The third kappa shape index (κ3) is 7.33. The van der Waals surface area contributed by atoms with Gasteiger partial charge in [0, 0.05) is 17.5 Å². The maximum absolute atomic E-state index is 13.3. The van der Waals surface area contributed by atoms with Crippen LogP contribution in [0, 0.1) is 23.5 Å². The van der Waals surface area contributed by atoms with E-state index in [1.54, 1.807) is 6.92 Å². The normalized spacial score (nSPS) is 13.8. The lowest BCUT2D eigenvalue weighted by Crippen LogP contribution is -2.47. The van der Waals surface area contributed by atoms with E-state index in [1.807, 2.05) is 20.8 Å². The Morgan fingerprint density at radius 1 is 1.15 bits per heavy atom. The fourth-order valence-corrected chi connectivity index (χ4v) is 2.87. The molecule has 0 bridgehead atoms. The van der Waals surface area contributed by atoms with Gasteiger partial charge in [-0.1, -0.05) is 5.57 Å². The number of carbonyl (C=O) groups excluding carboxylic acids is 2. The minimum Gasteiger partial charge on any atom is -0.369 e. The Balaban J connectivity index is 3.01. The SMILES string of the molecule is C=C(C)C[C@@H](C(=O)NC(C)(C)C)[C@H](CCc1cc(F)cc(F)c1)C(N)=O. The smallest absolute Gasteiger partial charge is 0.224 e. The Kier molecular flexibility index (Phi) is 7.48. The van der Waals surface area contributed by atoms with E-state index in [0.717, 1.165) is 11.6 Å². The first-order valence-corrected chi connectivity index (χ1v) is 8.59.